The highest BCUT2D eigenvalue weighted by molar-refractivity contribution is 6.28. The number of ether oxygens (including phenoxy) is 1. The first-order valence-electron chi connectivity index (χ1n) is 22.7. The van der Waals surface area contributed by atoms with Crippen LogP contribution in [0.3, 0.4) is 0 Å². The van der Waals surface area contributed by atoms with Gasteiger partial charge in [-0.25, -0.2) is 4.98 Å². The normalized spacial score (nSPS) is 13.1. The zero-order valence-corrected chi connectivity index (χ0v) is 37.2. The van der Waals surface area contributed by atoms with Crippen molar-refractivity contribution in [3.8, 4) is 50.8 Å². The molecule has 12 aromatic rings. The van der Waals surface area contributed by atoms with Gasteiger partial charge in [-0.2, -0.15) is 9.97 Å². The number of aromatic nitrogens is 3. The lowest BCUT2D eigenvalue weighted by Crippen LogP contribution is -2.31. The number of para-hydroxylation sites is 1. The second-order valence-electron chi connectivity index (χ2n) is 18.0. The molecule has 0 saturated carbocycles. The van der Waals surface area contributed by atoms with E-state index in [0.717, 1.165) is 94.2 Å². The number of anilines is 3. The maximum Gasteiger partial charge on any atom is 0.238 e. The average Bonchev–Trinajstić information content (AvgIpc) is 3.74. The number of hydrogen-bond donors (Lipinski definition) is 0. The molecule has 0 atom stereocenters. The molecule has 1 aliphatic heterocycles. The summed E-state index contributed by atoms with van der Waals surface area (Å²) in [6.07, 6.45) is 0. The van der Waals surface area contributed by atoms with Crippen molar-refractivity contribution >= 4 is 71.6 Å². The highest BCUT2D eigenvalue weighted by Gasteiger charge is 2.39. The maximum atomic E-state index is 6.96. The van der Waals surface area contributed by atoms with E-state index in [-0.39, 0.29) is 5.41 Å². The molecule has 0 N–H and O–H groups in total. The SMILES string of the molecule is COc1ccc2c(c1)c1ccccc1c1cc3c(cc21)oc1cc2c(cc13)C(C)(C)c1ccccc1N2c1nc(-c2cccc(-c3ccccc3)c2)nc(-c2cccc(-c3ccccc3)c2)n1. The summed E-state index contributed by atoms with van der Waals surface area (Å²) in [5.41, 5.74) is 11.8. The van der Waals surface area contributed by atoms with Crippen molar-refractivity contribution in [3.63, 3.8) is 0 Å². The van der Waals surface area contributed by atoms with Crippen LogP contribution in [-0.4, -0.2) is 22.1 Å². The lowest BCUT2D eigenvalue weighted by atomic mass is 9.73. The first-order valence-corrected chi connectivity index (χ1v) is 22.7. The quantitative estimate of drug-likeness (QED) is 0.155. The Hall–Kier alpha value is -8.61. The number of methoxy groups -OCH3 is 1. The minimum atomic E-state index is -0.383. The lowest BCUT2D eigenvalue weighted by Gasteiger charge is -2.41. The number of fused-ring (bicyclic) bond motifs is 11. The molecule has 0 radical (unpaired) electrons. The smallest absolute Gasteiger partial charge is 0.238 e. The summed E-state index contributed by atoms with van der Waals surface area (Å²) < 4.78 is 12.7. The zero-order chi connectivity index (χ0) is 44.8. The van der Waals surface area contributed by atoms with Crippen molar-refractivity contribution in [2.24, 2.45) is 0 Å². The van der Waals surface area contributed by atoms with Crippen LogP contribution in [0.25, 0.3) is 99.3 Å². The summed E-state index contributed by atoms with van der Waals surface area (Å²) in [6.45, 7) is 4.63. The molecule has 10 aromatic carbocycles. The van der Waals surface area contributed by atoms with E-state index in [2.05, 4.69) is 201 Å². The number of furan rings is 1. The third-order valence-electron chi connectivity index (χ3n) is 13.8. The Kier molecular flexibility index (Phi) is 8.68. The largest absolute Gasteiger partial charge is 0.497 e. The topological polar surface area (TPSA) is 64.3 Å². The molecule has 0 fully saturated rings. The third kappa shape index (κ3) is 6.21. The molecular formula is C61H42N4O2. The van der Waals surface area contributed by atoms with Gasteiger partial charge in [-0.3, -0.25) is 4.90 Å². The van der Waals surface area contributed by atoms with E-state index in [4.69, 9.17) is 24.1 Å². The highest BCUT2D eigenvalue weighted by Crippen LogP contribution is 2.53. The van der Waals surface area contributed by atoms with Gasteiger partial charge in [0.25, 0.3) is 0 Å². The molecule has 2 aromatic heterocycles. The molecule has 3 heterocycles. The van der Waals surface area contributed by atoms with Gasteiger partial charge in [0.05, 0.1) is 18.5 Å². The van der Waals surface area contributed by atoms with E-state index in [1.807, 2.05) is 18.2 Å². The number of benzene rings is 10. The van der Waals surface area contributed by atoms with Crippen LogP contribution in [0.4, 0.5) is 17.3 Å². The van der Waals surface area contributed by atoms with Gasteiger partial charge in [0, 0.05) is 33.4 Å². The summed E-state index contributed by atoms with van der Waals surface area (Å²) >= 11 is 0. The van der Waals surface area contributed by atoms with E-state index in [1.165, 1.54) is 21.7 Å². The van der Waals surface area contributed by atoms with Crippen LogP contribution < -0.4 is 9.64 Å². The van der Waals surface area contributed by atoms with Crippen molar-refractivity contribution in [2.45, 2.75) is 19.3 Å². The average molecular weight is 863 g/mol. The van der Waals surface area contributed by atoms with E-state index in [0.29, 0.717) is 17.6 Å². The zero-order valence-electron chi connectivity index (χ0n) is 37.2. The molecule has 67 heavy (non-hydrogen) atoms. The third-order valence-corrected chi connectivity index (χ3v) is 13.8. The molecule has 6 nitrogen and oxygen atoms in total. The van der Waals surface area contributed by atoms with Gasteiger partial charge in [-0.05, 0) is 114 Å². The van der Waals surface area contributed by atoms with Gasteiger partial charge in [0.1, 0.15) is 16.9 Å². The lowest BCUT2D eigenvalue weighted by molar-refractivity contribution is 0.415. The molecule has 0 unspecified atom stereocenters. The number of hydrogen-bond acceptors (Lipinski definition) is 6. The van der Waals surface area contributed by atoms with E-state index < -0.39 is 0 Å². The van der Waals surface area contributed by atoms with E-state index in [1.54, 1.807) is 7.11 Å². The molecule has 6 heteroatoms. The molecule has 13 rings (SSSR count). The second kappa shape index (κ2) is 15.0. The molecule has 0 saturated heterocycles. The van der Waals surface area contributed by atoms with Gasteiger partial charge >= 0.3 is 0 Å². The van der Waals surface area contributed by atoms with Crippen LogP contribution in [-0.2, 0) is 5.41 Å². The van der Waals surface area contributed by atoms with Gasteiger partial charge in [0.15, 0.2) is 11.6 Å². The van der Waals surface area contributed by atoms with Gasteiger partial charge in [-0.15, -0.1) is 0 Å². The van der Waals surface area contributed by atoms with Gasteiger partial charge < -0.3 is 9.15 Å². The minimum Gasteiger partial charge on any atom is -0.497 e. The highest BCUT2D eigenvalue weighted by atomic mass is 16.5. The Morgan fingerprint density at radius 3 is 1.57 bits per heavy atom. The monoisotopic (exact) mass is 862 g/mol. The van der Waals surface area contributed by atoms with Crippen molar-refractivity contribution in [1.29, 1.82) is 0 Å². The summed E-state index contributed by atoms with van der Waals surface area (Å²) in [7, 11) is 1.72. The molecule has 1 aliphatic rings. The first kappa shape index (κ1) is 38.8. The standard InChI is InChI=1S/C61H42N4O2/c1-61(2)52-26-12-13-27-54(52)65(55-36-57-51(34-53(55)61)50-33-48-45-25-11-10-24-44(45)47-32-43(66-3)28-29-46(47)49(48)35-56(50)67-57)60-63-58(41-22-14-20-39(30-41)37-16-6-4-7-17-37)62-59(64-60)42-23-15-21-40(31-42)38-18-8-5-9-19-38/h4-36H,1-3H3. The fourth-order valence-corrected chi connectivity index (χ4v) is 10.4. The molecule has 0 bridgehead atoms. The summed E-state index contributed by atoms with van der Waals surface area (Å²) in [5, 5.41) is 9.15. The van der Waals surface area contributed by atoms with Crippen LogP contribution in [0.5, 0.6) is 5.75 Å². The first-order chi connectivity index (χ1) is 32.9. The Bertz CT molecular complexity index is 3850. The van der Waals surface area contributed by atoms with Crippen LogP contribution in [0.15, 0.2) is 205 Å². The second-order valence-corrected chi connectivity index (χ2v) is 18.0. The van der Waals surface area contributed by atoms with Crippen molar-refractivity contribution in [1.82, 2.24) is 15.0 Å². The van der Waals surface area contributed by atoms with Gasteiger partial charge in [0.2, 0.25) is 5.95 Å². The predicted octanol–water partition coefficient (Wildman–Crippen LogP) is 16.0. The molecule has 0 spiro atoms. The van der Waals surface area contributed by atoms with Crippen LogP contribution >= 0.6 is 0 Å². The van der Waals surface area contributed by atoms with E-state index >= 15 is 0 Å². The summed E-state index contributed by atoms with van der Waals surface area (Å²) in [5.74, 6) is 2.52. The van der Waals surface area contributed by atoms with E-state index in [9.17, 15) is 0 Å². The fourth-order valence-electron chi connectivity index (χ4n) is 10.4. The Morgan fingerprint density at radius 2 is 0.910 bits per heavy atom. The van der Waals surface area contributed by atoms with Crippen LogP contribution in [0.1, 0.15) is 25.0 Å². The van der Waals surface area contributed by atoms with Crippen LogP contribution in [0, 0.1) is 0 Å². The molecule has 0 aliphatic carbocycles. The maximum absolute atomic E-state index is 6.96. The Labute approximate surface area is 387 Å². The van der Waals surface area contributed by atoms with Crippen molar-refractivity contribution in [3.05, 3.63) is 211 Å². The predicted molar refractivity (Wildman–Crippen MR) is 275 cm³/mol. The fraction of sp³-hybridized carbons (Fsp3) is 0.0656. The minimum absolute atomic E-state index is 0.383. The molecule has 0 amide bonds. The number of rotatable bonds is 6. The van der Waals surface area contributed by atoms with Crippen molar-refractivity contribution < 1.29 is 9.15 Å². The molecular weight excluding hydrogens is 821 g/mol. The number of nitrogens with zero attached hydrogens (tertiary/aromatic N) is 4. The summed E-state index contributed by atoms with van der Waals surface area (Å²) in [4.78, 5) is 18.3. The Balaban J connectivity index is 1.05. The Morgan fingerprint density at radius 1 is 0.388 bits per heavy atom. The molecule has 318 valence electrons. The summed E-state index contributed by atoms with van der Waals surface area (Å²) in [6, 6.07) is 70.5. The van der Waals surface area contributed by atoms with Crippen molar-refractivity contribution in [2.75, 3.05) is 12.0 Å². The van der Waals surface area contributed by atoms with Gasteiger partial charge in [-0.1, -0.05) is 159 Å². The van der Waals surface area contributed by atoms with Crippen LogP contribution in [0.2, 0.25) is 0 Å².